The summed E-state index contributed by atoms with van der Waals surface area (Å²) in [5.41, 5.74) is 1.02. The summed E-state index contributed by atoms with van der Waals surface area (Å²) < 4.78 is 12.6. The second-order valence-electron chi connectivity index (χ2n) is 8.53. The lowest BCUT2D eigenvalue weighted by molar-refractivity contribution is 0.0630. The van der Waals surface area contributed by atoms with E-state index in [-0.39, 0.29) is 26.9 Å². The first-order valence-corrected chi connectivity index (χ1v) is 11.0. The molecule has 34 heavy (non-hydrogen) atoms. The predicted molar refractivity (Wildman–Crippen MR) is 126 cm³/mol. The summed E-state index contributed by atoms with van der Waals surface area (Å²) in [6.45, 7) is 5.39. The van der Waals surface area contributed by atoms with Crippen LogP contribution in [0, 0.1) is 11.3 Å². The maximum absolute atomic E-state index is 12.2. The molecule has 0 spiro atoms. The number of nitriles is 1. The van der Waals surface area contributed by atoms with E-state index in [1.165, 1.54) is 17.7 Å². The van der Waals surface area contributed by atoms with Crippen LogP contribution >= 0.6 is 23.2 Å². The minimum Gasteiger partial charge on any atom is -0.454 e. The highest BCUT2D eigenvalue weighted by molar-refractivity contribution is 6.37. The van der Waals surface area contributed by atoms with Gasteiger partial charge in [0.2, 0.25) is 5.69 Å². The fourth-order valence-corrected chi connectivity index (χ4v) is 4.74. The molecule has 3 heterocycles. The van der Waals surface area contributed by atoms with E-state index >= 15 is 0 Å². The lowest BCUT2D eigenvalue weighted by Gasteiger charge is -2.30. The number of hydrogen-bond acceptors (Lipinski definition) is 6. The van der Waals surface area contributed by atoms with Crippen LogP contribution in [0.5, 0.6) is 11.5 Å². The monoisotopic (exact) mass is 497 g/mol. The van der Waals surface area contributed by atoms with Crippen LogP contribution in [0.4, 0.5) is 0 Å². The van der Waals surface area contributed by atoms with Crippen LogP contribution in [0.1, 0.15) is 30.8 Å². The van der Waals surface area contributed by atoms with Crippen LogP contribution in [0.15, 0.2) is 39.9 Å². The molecule has 0 saturated heterocycles. The van der Waals surface area contributed by atoms with Crippen molar-refractivity contribution >= 4 is 34.1 Å². The van der Waals surface area contributed by atoms with Crippen molar-refractivity contribution in [2.24, 2.45) is 0 Å². The third kappa shape index (κ3) is 3.66. The molecule has 9 nitrogen and oxygen atoms in total. The van der Waals surface area contributed by atoms with Gasteiger partial charge in [0.1, 0.15) is 11.8 Å². The third-order valence-corrected chi connectivity index (χ3v) is 6.18. The molecule has 11 heteroatoms. The maximum Gasteiger partial charge on any atom is 0.349 e. The number of aromatic nitrogens is 4. The minimum absolute atomic E-state index is 0.117. The zero-order chi connectivity index (χ0) is 24.2. The smallest absolute Gasteiger partial charge is 0.349 e. The minimum atomic E-state index is -0.877. The first-order chi connectivity index (χ1) is 16.2. The van der Waals surface area contributed by atoms with Crippen LogP contribution in [0.2, 0.25) is 10.0 Å². The number of hydrogen-bond donors (Lipinski definition) is 2. The lowest BCUT2D eigenvalue weighted by atomic mass is 9.82. The Bertz CT molecular complexity index is 1600. The Labute approximate surface area is 202 Å². The average Bonchev–Trinajstić information content (AvgIpc) is 3.15. The van der Waals surface area contributed by atoms with Crippen LogP contribution in [-0.2, 0) is 16.8 Å². The molecule has 0 fully saturated rings. The second kappa shape index (κ2) is 8.02. The van der Waals surface area contributed by atoms with Crippen LogP contribution in [0.3, 0.4) is 0 Å². The van der Waals surface area contributed by atoms with Crippen molar-refractivity contribution in [1.29, 1.82) is 5.26 Å². The summed E-state index contributed by atoms with van der Waals surface area (Å²) in [4.78, 5) is 29.2. The molecular formula is C23H17Cl2N5O4. The SMILES string of the molecule is CC1(C)COCc2[nH]c3ccc(Oc4c(Cl)cc(-n5nc(C#N)c(=O)[nH]c5=O)cc4Cl)cc3c21. The van der Waals surface area contributed by atoms with Crippen molar-refractivity contribution in [2.75, 3.05) is 6.61 Å². The zero-order valence-corrected chi connectivity index (χ0v) is 19.5. The second-order valence-corrected chi connectivity index (χ2v) is 9.35. The normalized spacial score (nSPS) is 14.6. The Balaban J connectivity index is 1.55. The highest BCUT2D eigenvalue weighted by Crippen LogP contribution is 2.41. The van der Waals surface area contributed by atoms with E-state index < -0.39 is 16.9 Å². The largest absolute Gasteiger partial charge is 0.454 e. The summed E-state index contributed by atoms with van der Waals surface area (Å²) in [5.74, 6) is 0.718. The topological polar surface area (TPSA) is 126 Å². The maximum atomic E-state index is 12.2. The summed E-state index contributed by atoms with van der Waals surface area (Å²) in [5, 5.41) is 14.1. The lowest BCUT2D eigenvalue weighted by Crippen LogP contribution is -2.33. The van der Waals surface area contributed by atoms with E-state index in [1.54, 1.807) is 12.1 Å². The van der Waals surface area contributed by atoms with E-state index in [4.69, 9.17) is 37.9 Å². The van der Waals surface area contributed by atoms with Crippen molar-refractivity contribution < 1.29 is 9.47 Å². The number of H-pyrrole nitrogens is 2. The van der Waals surface area contributed by atoms with Gasteiger partial charge in [-0.1, -0.05) is 37.0 Å². The molecule has 0 amide bonds. The number of fused-ring (bicyclic) bond motifs is 3. The van der Waals surface area contributed by atoms with Crippen molar-refractivity contribution in [3.63, 3.8) is 0 Å². The first kappa shape index (κ1) is 22.2. The highest BCUT2D eigenvalue weighted by Gasteiger charge is 2.32. The van der Waals surface area contributed by atoms with Gasteiger partial charge in [-0.05, 0) is 35.9 Å². The molecule has 0 atom stereocenters. The van der Waals surface area contributed by atoms with Crippen LogP contribution < -0.4 is 16.0 Å². The van der Waals surface area contributed by atoms with Gasteiger partial charge in [0.25, 0.3) is 5.56 Å². The van der Waals surface area contributed by atoms with Crippen molar-refractivity contribution in [3.05, 3.63) is 78.2 Å². The summed E-state index contributed by atoms with van der Waals surface area (Å²) in [7, 11) is 0. The summed E-state index contributed by atoms with van der Waals surface area (Å²) >= 11 is 12.9. The van der Waals surface area contributed by atoms with Crippen LogP contribution in [0.25, 0.3) is 16.6 Å². The number of benzene rings is 2. The molecule has 0 saturated carbocycles. The average molecular weight is 498 g/mol. The predicted octanol–water partition coefficient (Wildman–Crippen LogP) is 4.18. The standard InChI is InChI=1S/C23H17Cl2N5O4/c1-23(2)10-33-9-18-19(23)13-7-12(3-4-16(13)27-18)34-20-14(24)5-11(6-15(20)25)30-22(32)28-21(31)17(8-26)29-30/h3-7,27H,9-10H2,1-2H3,(H,28,31,32). The van der Waals surface area contributed by atoms with E-state index in [0.717, 1.165) is 21.3 Å². The molecule has 172 valence electrons. The highest BCUT2D eigenvalue weighted by atomic mass is 35.5. The molecule has 2 aromatic heterocycles. The van der Waals surface area contributed by atoms with Gasteiger partial charge in [-0.2, -0.15) is 9.94 Å². The molecule has 2 N–H and O–H groups in total. The van der Waals surface area contributed by atoms with Gasteiger partial charge in [0.15, 0.2) is 5.75 Å². The number of nitrogens with zero attached hydrogens (tertiary/aromatic N) is 3. The van der Waals surface area contributed by atoms with Gasteiger partial charge < -0.3 is 14.5 Å². The first-order valence-electron chi connectivity index (χ1n) is 10.2. The molecule has 0 aliphatic carbocycles. The zero-order valence-electron chi connectivity index (χ0n) is 18.0. The van der Waals surface area contributed by atoms with Crippen molar-refractivity contribution in [2.45, 2.75) is 25.9 Å². The summed E-state index contributed by atoms with van der Waals surface area (Å²) in [6.07, 6.45) is 0. The van der Waals surface area contributed by atoms with Gasteiger partial charge in [-0.25, -0.2) is 4.79 Å². The number of aromatic amines is 2. The Hall–Kier alpha value is -3.58. The fraction of sp³-hybridized carbons (Fsp3) is 0.217. The molecular weight excluding hydrogens is 481 g/mol. The van der Waals surface area contributed by atoms with E-state index in [9.17, 15) is 9.59 Å². The van der Waals surface area contributed by atoms with Gasteiger partial charge in [0.05, 0.1) is 28.9 Å². The van der Waals surface area contributed by atoms with Crippen LogP contribution in [-0.4, -0.2) is 26.4 Å². The number of ether oxygens (including phenoxy) is 2. The van der Waals surface area contributed by atoms with Gasteiger partial charge in [-0.3, -0.25) is 9.78 Å². The Morgan fingerprint density at radius 3 is 2.62 bits per heavy atom. The molecule has 0 bridgehead atoms. The van der Waals surface area contributed by atoms with Gasteiger partial charge in [0, 0.05) is 22.0 Å². The Morgan fingerprint density at radius 1 is 1.18 bits per heavy atom. The summed E-state index contributed by atoms with van der Waals surface area (Å²) in [6, 6.07) is 10.1. The molecule has 0 radical (unpaired) electrons. The molecule has 1 aliphatic rings. The van der Waals surface area contributed by atoms with E-state index in [1.807, 2.05) is 17.1 Å². The van der Waals surface area contributed by atoms with Gasteiger partial charge in [-0.15, -0.1) is 5.10 Å². The third-order valence-electron chi connectivity index (χ3n) is 5.62. The van der Waals surface area contributed by atoms with E-state index in [2.05, 4.69) is 23.9 Å². The molecule has 5 rings (SSSR count). The molecule has 0 unspecified atom stereocenters. The van der Waals surface area contributed by atoms with Crippen molar-refractivity contribution in [3.8, 4) is 23.3 Å². The van der Waals surface area contributed by atoms with E-state index in [0.29, 0.717) is 19.0 Å². The Kier molecular flexibility index (Phi) is 5.24. The molecule has 2 aromatic carbocycles. The molecule has 4 aromatic rings. The number of halogens is 2. The Morgan fingerprint density at radius 2 is 1.91 bits per heavy atom. The quantitative estimate of drug-likeness (QED) is 0.437. The fourth-order valence-electron chi connectivity index (χ4n) is 4.18. The number of nitrogens with one attached hydrogen (secondary N) is 2. The van der Waals surface area contributed by atoms with Gasteiger partial charge >= 0.3 is 5.69 Å². The number of rotatable bonds is 3. The van der Waals surface area contributed by atoms with Crippen molar-refractivity contribution in [1.82, 2.24) is 19.7 Å². The molecule has 1 aliphatic heterocycles.